The number of carbonyl (C=O) groups excluding carboxylic acids is 16. The first kappa shape index (κ1) is 115. The summed E-state index contributed by atoms with van der Waals surface area (Å²) in [6, 6.07) is 14.1. The number of unbranched alkanes of at least 4 members (excludes halogenated alkanes) is 1. The van der Waals surface area contributed by atoms with Gasteiger partial charge in [-0.3, -0.25) is 92.9 Å². The first-order chi connectivity index (χ1) is 69.7. The predicted molar refractivity (Wildman–Crippen MR) is 545 cm³/mol. The molecule has 35 N–H and O–H groups in total. The fourth-order valence-corrected chi connectivity index (χ4v) is 16.6. The highest BCUT2D eigenvalue weighted by molar-refractivity contribution is 8.00. The van der Waals surface area contributed by atoms with Crippen molar-refractivity contribution in [3.05, 3.63) is 186 Å². The van der Waals surface area contributed by atoms with E-state index in [0.717, 1.165) is 11.8 Å². The Balaban J connectivity index is 1.24. The van der Waals surface area contributed by atoms with Gasteiger partial charge in [-0.15, -0.1) is 11.8 Å². The maximum Gasteiger partial charge on any atom is 0.245 e. The van der Waals surface area contributed by atoms with Gasteiger partial charge >= 0.3 is 0 Å². The van der Waals surface area contributed by atoms with Crippen LogP contribution >= 0.6 is 11.8 Å². The molecule has 0 bridgehead atoms. The number of imidazole rings is 1. The molecule has 0 radical (unpaired) electrons. The third-order valence-corrected chi connectivity index (χ3v) is 25.1. The Labute approximate surface area is 848 Å². The highest BCUT2D eigenvalue weighted by Gasteiger charge is 2.42. The van der Waals surface area contributed by atoms with Crippen molar-refractivity contribution >= 4 is 135 Å². The number of guanidine groups is 3. The lowest BCUT2D eigenvalue weighted by molar-refractivity contribution is -0.138. The van der Waals surface area contributed by atoms with E-state index in [0.29, 0.717) is 50.8 Å². The molecule has 0 spiro atoms. The molecule has 1 saturated heterocycles. The number of nitrogens with one attached hydrogen (secondary N) is 23. The predicted octanol–water partition coefficient (Wildman–Crippen LogP) is -3.02. The van der Waals surface area contributed by atoms with E-state index in [4.69, 9.17) is 44.9 Å². The molecule has 48 heteroatoms. The number of nitrogens with zero attached hydrogens (tertiary/aromatic N) is 1. The molecular weight excluding hydrogens is 1900 g/mol. The van der Waals surface area contributed by atoms with Crippen LogP contribution in [-0.2, 0) is 115 Å². The maximum atomic E-state index is 15.7. The van der Waals surface area contributed by atoms with Gasteiger partial charge in [0.15, 0.2) is 17.9 Å². The number of hydrogen-bond acceptors (Lipinski definition) is 24. The van der Waals surface area contributed by atoms with Crippen LogP contribution in [0.3, 0.4) is 0 Å². The molecule has 8 rings (SSSR count). The molecule has 3 unspecified atom stereocenters. The number of aromatic hydroxyl groups is 2. The highest BCUT2D eigenvalue weighted by atomic mass is 32.2. The first-order valence-corrected chi connectivity index (χ1v) is 49.4. The van der Waals surface area contributed by atoms with Gasteiger partial charge in [0, 0.05) is 92.9 Å². The minimum atomic E-state index is -2.02. The molecule has 14 atom stereocenters. The number of amides is 16. The quantitative estimate of drug-likeness (QED) is 0.0108. The van der Waals surface area contributed by atoms with Crippen molar-refractivity contribution in [2.45, 2.75) is 228 Å². The standard InChI is InChI=1S/C98H137N29O18S/c1-6-55(3)80-93(144)119-69(29-19-41-109-96(103)104)84(135)116-67(27-16-17-39-99)83(134)118-70(30-20-42-110-97(105)106)92(143)127-98(4,5)94(145)125-74(44-57-23-12-9-13-24-57)89(140)117-68(28-18-40-108-95(101)102)85(136)120-72(45-58-31-35-62(128)36-32-58)87(138)122-75(47-60-49-111-66-26-15-14-25-64(60)66)90(141)121-73(46-59-33-37-63(129)38-34-59)88(139)124-77(81(132)112-51-78(100)130)52-146-53-79(131)114-71(43-56-21-10-8-11-22-56)86(137)123-76(48-61-50-107-54-113-61)91(142)115-65(7-2)82(133)126-80/h8-15,21-26,31-38,49-50,54-55,65,67-77,80,111,128-129H,6-7,16-20,27-30,39-48,51-53,99H2,1-5H3,(H2,100,130)(H,107,113)(H,112,132)(H,114,131)(H,115,142)(H,116,135)(H,117,140)(H,118,134)(H,119,144)(H,120,136)(H,121,141)(H,122,138)(H,123,137)(H,124,139)(H,125,145)(H,126,133)(H,127,143)(H4,101,102,108)(H4,103,104,109)(H4,105,106,110)/t55-,65?,67-,68?,69-,70-,71-,72-,73?,74-,75-,76-,77-,80-/m0/s1. The van der Waals surface area contributed by atoms with E-state index in [1.54, 1.807) is 112 Å². The number of H-pyrrole nitrogens is 2. The molecule has 5 aromatic carbocycles. The molecule has 146 heavy (non-hydrogen) atoms. The number of rotatable bonds is 34. The summed E-state index contributed by atoms with van der Waals surface area (Å²) >= 11 is 0.766. The van der Waals surface area contributed by atoms with Crippen molar-refractivity contribution in [3.63, 3.8) is 0 Å². The molecule has 2 aromatic heterocycles. The Bertz CT molecular complexity index is 5610. The number of hydrogen-bond donors (Lipinski definition) is 30. The zero-order valence-electron chi connectivity index (χ0n) is 82.2. The molecule has 788 valence electrons. The Kier molecular flexibility index (Phi) is 46.3. The summed E-state index contributed by atoms with van der Waals surface area (Å²) in [5.41, 5.74) is 29.5. The van der Waals surface area contributed by atoms with Gasteiger partial charge in [-0.1, -0.05) is 130 Å². The van der Waals surface area contributed by atoms with Gasteiger partial charge < -0.3 is 145 Å². The minimum absolute atomic E-state index is 0.00229. The Morgan fingerprint density at radius 1 is 0.438 bits per heavy atom. The summed E-state index contributed by atoms with van der Waals surface area (Å²) in [7, 11) is 0. The van der Waals surface area contributed by atoms with Crippen LogP contribution in [0.5, 0.6) is 11.5 Å². The van der Waals surface area contributed by atoms with Crippen LogP contribution < -0.4 is 124 Å². The van der Waals surface area contributed by atoms with Gasteiger partial charge in [0.05, 0.1) is 18.6 Å². The number of carbonyl (C=O) groups is 16. The van der Waals surface area contributed by atoms with Crippen LogP contribution in [0.2, 0.25) is 0 Å². The van der Waals surface area contributed by atoms with Gasteiger partial charge in [0.25, 0.3) is 0 Å². The lowest BCUT2D eigenvalue weighted by Gasteiger charge is -2.31. The number of aromatic amines is 2. The third kappa shape index (κ3) is 38.7. The number of aromatic nitrogens is 3. The Morgan fingerprint density at radius 2 is 0.829 bits per heavy atom. The molecule has 0 saturated carbocycles. The summed E-state index contributed by atoms with van der Waals surface area (Å²) in [6.07, 6.45) is 2.34. The van der Waals surface area contributed by atoms with E-state index in [1.807, 2.05) is 0 Å². The second-order valence-corrected chi connectivity index (χ2v) is 37.1. The maximum absolute atomic E-state index is 15.7. The number of benzene rings is 5. The van der Waals surface area contributed by atoms with Gasteiger partial charge in [-0.25, -0.2) is 4.98 Å². The molecule has 0 aliphatic carbocycles. The molecular formula is C98H137N29O18S. The average Bonchev–Trinajstić information content (AvgIpc) is 1.61. The average molecular weight is 2040 g/mol. The molecule has 16 amide bonds. The summed E-state index contributed by atoms with van der Waals surface area (Å²) in [4.78, 5) is 250. The lowest BCUT2D eigenvalue weighted by Crippen LogP contribution is -2.63. The van der Waals surface area contributed by atoms with E-state index in [1.165, 1.54) is 74.9 Å². The van der Waals surface area contributed by atoms with Crippen molar-refractivity contribution in [1.82, 2.24) is 111 Å². The topological polar surface area (TPSA) is 776 Å². The molecule has 1 aliphatic rings. The van der Waals surface area contributed by atoms with Crippen molar-refractivity contribution in [1.29, 1.82) is 16.2 Å². The number of thioether (sulfide) groups is 1. The molecule has 1 aliphatic heterocycles. The van der Waals surface area contributed by atoms with E-state index in [2.05, 4.69) is 111 Å². The van der Waals surface area contributed by atoms with E-state index >= 15 is 52.7 Å². The number of phenols is 2. The largest absolute Gasteiger partial charge is 0.508 e. The van der Waals surface area contributed by atoms with Crippen LogP contribution in [0.1, 0.15) is 139 Å². The van der Waals surface area contributed by atoms with Crippen molar-refractivity contribution in [2.24, 2.45) is 34.6 Å². The number of fused-ring (bicyclic) bond motifs is 1. The monoisotopic (exact) mass is 2040 g/mol. The normalized spacial score (nSPS) is 22.0. The molecule has 7 aromatic rings. The second kappa shape index (κ2) is 58.6. The number of phenolic OH excluding ortho intramolecular Hbond substituents is 2. The molecule has 3 heterocycles. The van der Waals surface area contributed by atoms with Crippen LogP contribution in [0.15, 0.2) is 152 Å². The number of primary amides is 1. The smallest absolute Gasteiger partial charge is 0.245 e. The molecule has 47 nitrogen and oxygen atoms in total. The molecule has 1 fully saturated rings. The van der Waals surface area contributed by atoms with Gasteiger partial charge in [0.1, 0.15) is 95.6 Å². The van der Waals surface area contributed by atoms with Crippen molar-refractivity contribution in [3.8, 4) is 11.5 Å². The van der Waals surface area contributed by atoms with Gasteiger partial charge in [-0.2, -0.15) is 0 Å². The van der Waals surface area contributed by atoms with Gasteiger partial charge in [-0.05, 0) is 149 Å². The second-order valence-electron chi connectivity index (χ2n) is 36.0. The third-order valence-electron chi connectivity index (χ3n) is 24.1. The van der Waals surface area contributed by atoms with E-state index < -0.39 is 227 Å². The number of nitrogens with two attached hydrogens (primary N) is 5. The van der Waals surface area contributed by atoms with Crippen LogP contribution in [0.25, 0.3) is 10.9 Å². The van der Waals surface area contributed by atoms with Crippen LogP contribution in [0, 0.1) is 22.1 Å². The fraction of sp³-hybridized carbons (Fsp3) is 0.449. The fourth-order valence-electron chi connectivity index (χ4n) is 15.8. The number of para-hydroxylation sites is 1. The van der Waals surface area contributed by atoms with E-state index in [-0.39, 0.29) is 134 Å². The van der Waals surface area contributed by atoms with Crippen LogP contribution in [-0.4, -0.2) is 266 Å². The summed E-state index contributed by atoms with van der Waals surface area (Å²) < 4.78 is 0. The summed E-state index contributed by atoms with van der Waals surface area (Å²) in [5.74, 6) is -18.9. The minimum Gasteiger partial charge on any atom is -0.508 e. The highest BCUT2D eigenvalue weighted by Crippen LogP contribution is 2.23. The summed E-state index contributed by atoms with van der Waals surface area (Å²) in [6.45, 7) is 6.85. The van der Waals surface area contributed by atoms with E-state index in [9.17, 15) is 34.2 Å². The van der Waals surface area contributed by atoms with Crippen molar-refractivity contribution < 1.29 is 86.9 Å². The zero-order chi connectivity index (χ0) is 107. The Hall–Kier alpha value is -15.9. The Morgan fingerprint density at radius 3 is 1.27 bits per heavy atom. The zero-order valence-corrected chi connectivity index (χ0v) is 83.0. The summed E-state index contributed by atoms with van der Waals surface area (Å²) in [5, 5.41) is 93.7. The van der Waals surface area contributed by atoms with Crippen molar-refractivity contribution in [2.75, 3.05) is 44.2 Å². The van der Waals surface area contributed by atoms with Crippen LogP contribution in [0.4, 0.5) is 0 Å². The van der Waals surface area contributed by atoms with Gasteiger partial charge in [0.2, 0.25) is 94.5 Å². The SMILES string of the molecule is CCC1NC(=O)[C@H](Cc2cnc[nH]2)NC(=O)[C@H](Cc2ccccc2)NC(=O)CSC[C@@H](C(=O)NCC(N)=O)NC(=O)C(Cc2ccc(O)cc2)NC(=O)[C@H](Cc2c[nH]c3ccccc23)NC(=O)[C@H](Cc2ccc(O)cc2)NC(=O)C(CCCNC(=N)N)NC(=O)[C@H](Cc2ccccc2)NC(=O)C(C)(C)NC(=O)[C@H](CCCNC(=N)N)NC(=O)[C@H](CCCCN)NC(=O)[C@H](CCCNC(=N)N)NC(=O)[C@H]([C@@H](C)CC)NC1=O. The lowest BCUT2D eigenvalue weighted by atomic mass is 9.96. The first-order valence-electron chi connectivity index (χ1n) is 48.2.